The van der Waals surface area contributed by atoms with E-state index in [2.05, 4.69) is 0 Å². The Hall–Kier alpha value is -1.35. The molecule has 1 unspecified atom stereocenters. The van der Waals surface area contributed by atoms with Gasteiger partial charge in [0.25, 0.3) is 0 Å². The minimum Gasteiger partial charge on any atom is -0.497 e. The standard InChI is InChI=1S/C18H29N3O4S.ClH/c1-4-10-18(2,19)17(22)20-11-5-12-21(14-13-20)26(23,24)16-8-6-15(25-3)7-9-16;/h6-9H,4-5,10-14,19H2,1-3H3;1H. The number of sulfonamides is 1. The fraction of sp³-hybridized carbons (Fsp3) is 0.611. The second-order valence-corrected chi connectivity index (χ2v) is 8.83. The third-order valence-electron chi connectivity index (χ3n) is 4.70. The normalized spacial score (nSPS) is 18.1. The van der Waals surface area contributed by atoms with Crippen molar-refractivity contribution in [2.24, 2.45) is 5.73 Å². The molecule has 9 heteroatoms. The maximum absolute atomic E-state index is 12.9. The fourth-order valence-electron chi connectivity index (χ4n) is 3.22. The van der Waals surface area contributed by atoms with E-state index in [1.807, 2.05) is 6.92 Å². The molecule has 27 heavy (non-hydrogen) atoms. The first-order valence-electron chi connectivity index (χ1n) is 8.95. The lowest BCUT2D eigenvalue weighted by Gasteiger charge is -2.31. The molecular weight excluding hydrogens is 390 g/mol. The molecule has 0 saturated carbocycles. The molecule has 0 aromatic heterocycles. The predicted octanol–water partition coefficient (Wildman–Crippen LogP) is 1.86. The molecule has 1 aromatic rings. The van der Waals surface area contributed by atoms with E-state index in [0.717, 1.165) is 6.42 Å². The van der Waals surface area contributed by atoms with Crippen molar-refractivity contribution < 1.29 is 17.9 Å². The second-order valence-electron chi connectivity index (χ2n) is 6.89. The SMILES string of the molecule is CCCC(C)(N)C(=O)N1CCCN(S(=O)(=O)c2ccc(OC)cc2)CC1.Cl. The summed E-state index contributed by atoms with van der Waals surface area (Å²) in [5.74, 6) is 0.498. The molecule has 1 aliphatic rings. The van der Waals surface area contributed by atoms with Gasteiger partial charge in [0.1, 0.15) is 5.75 Å². The molecule has 1 atom stereocenters. The van der Waals surface area contributed by atoms with E-state index in [1.165, 1.54) is 11.4 Å². The van der Waals surface area contributed by atoms with Crippen LogP contribution in [0.5, 0.6) is 5.75 Å². The van der Waals surface area contributed by atoms with Crippen LogP contribution in [0.2, 0.25) is 0 Å². The van der Waals surface area contributed by atoms with Crippen LogP contribution in [0.3, 0.4) is 0 Å². The topological polar surface area (TPSA) is 92.9 Å². The average Bonchev–Trinajstić information content (AvgIpc) is 2.87. The van der Waals surface area contributed by atoms with Crippen LogP contribution >= 0.6 is 12.4 Å². The number of methoxy groups -OCH3 is 1. The van der Waals surface area contributed by atoms with Crippen molar-refractivity contribution >= 4 is 28.3 Å². The lowest BCUT2D eigenvalue weighted by atomic mass is 9.95. The summed E-state index contributed by atoms with van der Waals surface area (Å²) < 4.78 is 32.3. The van der Waals surface area contributed by atoms with Crippen molar-refractivity contribution in [2.45, 2.75) is 43.5 Å². The first-order chi connectivity index (χ1) is 12.2. The highest BCUT2D eigenvalue weighted by atomic mass is 35.5. The van der Waals surface area contributed by atoms with Gasteiger partial charge in [0, 0.05) is 26.2 Å². The van der Waals surface area contributed by atoms with Crippen molar-refractivity contribution in [1.82, 2.24) is 9.21 Å². The van der Waals surface area contributed by atoms with Gasteiger partial charge >= 0.3 is 0 Å². The summed E-state index contributed by atoms with van der Waals surface area (Å²) >= 11 is 0. The summed E-state index contributed by atoms with van der Waals surface area (Å²) in [6.45, 7) is 5.25. The van der Waals surface area contributed by atoms with E-state index in [0.29, 0.717) is 38.2 Å². The minimum absolute atomic E-state index is 0. The summed E-state index contributed by atoms with van der Waals surface area (Å²) in [5, 5.41) is 0. The molecule has 0 bridgehead atoms. The van der Waals surface area contributed by atoms with Crippen LogP contribution in [-0.4, -0.2) is 62.4 Å². The Kier molecular flexibility index (Phi) is 8.53. The van der Waals surface area contributed by atoms with Gasteiger partial charge < -0.3 is 15.4 Å². The first kappa shape index (κ1) is 23.7. The van der Waals surface area contributed by atoms with Crippen molar-refractivity contribution in [1.29, 1.82) is 0 Å². The van der Waals surface area contributed by atoms with Gasteiger partial charge in [0.05, 0.1) is 17.5 Å². The quantitative estimate of drug-likeness (QED) is 0.759. The van der Waals surface area contributed by atoms with E-state index < -0.39 is 15.6 Å². The van der Waals surface area contributed by atoms with Crippen LogP contribution in [-0.2, 0) is 14.8 Å². The molecule has 1 fully saturated rings. The number of rotatable bonds is 6. The van der Waals surface area contributed by atoms with Crippen molar-refractivity contribution in [2.75, 3.05) is 33.3 Å². The summed E-state index contributed by atoms with van der Waals surface area (Å²) in [7, 11) is -2.06. The lowest BCUT2D eigenvalue weighted by Crippen LogP contribution is -2.54. The van der Waals surface area contributed by atoms with Gasteiger partial charge in [-0.1, -0.05) is 13.3 Å². The van der Waals surface area contributed by atoms with E-state index in [4.69, 9.17) is 10.5 Å². The Bertz CT molecular complexity index is 723. The highest BCUT2D eigenvalue weighted by molar-refractivity contribution is 7.89. The molecule has 2 N–H and O–H groups in total. The Labute approximate surface area is 168 Å². The van der Waals surface area contributed by atoms with Crippen LogP contribution < -0.4 is 10.5 Å². The molecular formula is C18H30ClN3O4S. The van der Waals surface area contributed by atoms with E-state index in [9.17, 15) is 13.2 Å². The number of benzene rings is 1. The van der Waals surface area contributed by atoms with E-state index in [1.54, 1.807) is 36.1 Å². The highest BCUT2D eigenvalue weighted by Crippen LogP contribution is 2.22. The van der Waals surface area contributed by atoms with E-state index in [-0.39, 0.29) is 29.8 Å². The zero-order valence-electron chi connectivity index (χ0n) is 16.2. The van der Waals surface area contributed by atoms with E-state index >= 15 is 0 Å². The van der Waals surface area contributed by atoms with Gasteiger partial charge in [-0.15, -0.1) is 12.4 Å². The van der Waals surface area contributed by atoms with Gasteiger partial charge in [-0.2, -0.15) is 4.31 Å². The van der Waals surface area contributed by atoms with Crippen LogP contribution in [0.25, 0.3) is 0 Å². The van der Waals surface area contributed by atoms with Crippen LogP contribution in [0.1, 0.15) is 33.1 Å². The maximum atomic E-state index is 12.9. The lowest BCUT2D eigenvalue weighted by molar-refractivity contribution is -0.136. The molecule has 154 valence electrons. The van der Waals surface area contributed by atoms with Gasteiger partial charge in [0.2, 0.25) is 15.9 Å². The Morgan fingerprint density at radius 3 is 2.37 bits per heavy atom. The zero-order valence-corrected chi connectivity index (χ0v) is 17.8. The van der Waals surface area contributed by atoms with Gasteiger partial charge in [-0.05, 0) is 44.0 Å². The Balaban J connectivity index is 0.00000364. The Morgan fingerprint density at radius 1 is 1.19 bits per heavy atom. The van der Waals surface area contributed by atoms with Crippen molar-refractivity contribution in [3.8, 4) is 5.75 Å². The number of ether oxygens (including phenoxy) is 1. The van der Waals surface area contributed by atoms with Crippen LogP contribution in [0.15, 0.2) is 29.2 Å². The Morgan fingerprint density at radius 2 is 1.81 bits per heavy atom. The average molecular weight is 420 g/mol. The number of nitrogens with two attached hydrogens (primary N) is 1. The second kappa shape index (κ2) is 9.73. The van der Waals surface area contributed by atoms with Gasteiger partial charge in [0.15, 0.2) is 0 Å². The van der Waals surface area contributed by atoms with Gasteiger partial charge in [-0.25, -0.2) is 8.42 Å². The number of hydrogen-bond acceptors (Lipinski definition) is 5. The third kappa shape index (κ3) is 5.57. The molecule has 0 aliphatic carbocycles. The van der Waals surface area contributed by atoms with Gasteiger partial charge in [-0.3, -0.25) is 4.79 Å². The molecule has 0 radical (unpaired) electrons. The summed E-state index contributed by atoms with van der Waals surface area (Å²) in [4.78, 5) is 14.6. The van der Waals surface area contributed by atoms with Crippen LogP contribution in [0, 0.1) is 0 Å². The molecule has 2 rings (SSSR count). The fourth-order valence-corrected chi connectivity index (χ4v) is 4.69. The largest absolute Gasteiger partial charge is 0.497 e. The molecule has 1 heterocycles. The molecule has 1 aliphatic heterocycles. The number of nitrogens with zero attached hydrogens (tertiary/aromatic N) is 2. The summed E-state index contributed by atoms with van der Waals surface area (Å²) in [5.41, 5.74) is 5.25. The van der Waals surface area contributed by atoms with Crippen molar-refractivity contribution in [3.05, 3.63) is 24.3 Å². The molecule has 0 spiro atoms. The predicted molar refractivity (Wildman–Crippen MR) is 108 cm³/mol. The summed E-state index contributed by atoms with van der Waals surface area (Å²) in [6.07, 6.45) is 2.02. The smallest absolute Gasteiger partial charge is 0.243 e. The molecule has 1 amide bonds. The zero-order chi connectivity index (χ0) is 19.4. The number of hydrogen-bond donors (Lipinski definition) is 1. The number of carbonyl (C=O) groups excluding carboxylic acids is 1. The maximum Gasteiger partial charge on any atom is 0.243 e. The minimum atomic E-state index is -3.60. The highest BCUT2D eigenvalue weighted by Gasteiger charge is 2.34. The number of amides is 1. The first-order valence-corrected chi connectivity index (χ1v) is 10.4. The summed E-state index contributed by atoms with van der Waals surface area (Å²) in [6, 6.07) is 6.34. The molecule has 7 nitrogen and oxygen atoms in total. The van der Waals surface area contributed by atoms with Crippen LogP contribution in [0.4, 0.5) is 0 Å². The molecule has 1 saturated heterocycles. The number of carbonyl (C=O) groups is 1. The molecule has 1 aromatic carbocycles. The number of halogens is 1. The van der Waals surface area contributed by atoms with Crippen molar-refractivity contribution in [3.63, 3.8) is 0 Å². The monoisotopic (exact) mass is 419 g/mol. The third-order valence-corrected chi connectivity index (χ3v) is 6.61.